The zero-order valence-corrected chi connectivity index (χ0v) is 20.9. The van der Waals surface area contributed by atoms with E-state index in [2.05, 4.69) is 22.8 Å². The van der Waals surface area contributed by atoms with Gasteiger partial charge in [0.05, 0.1) is 22.0 Å². The van der Waals surface area contributed by atoms with Gasteiger partial charge in [-0.15, -0.1) is 0 Å². The van der Waals surface area contributed by atoms with Crippen LogP contribution in [0.1, 0.15) is 22.3 Å². The number of anilines is 1. The zero-order valence-electron chi connectivity index (χ0n) is 19.2. The number of hydrogen-bond donors (Lipinski definition) is 2. The molecule has 0 unspecified atom stereocenters. The normalized spacial score (nSPS) is 11.2. The topological polar surface area (TPSA) is 75.3 Å². The van der Waals surface area contributed by atoms with Crippen LogP contribution in [0.25, 0.3) is 0 Å². The van der Waals surface area contributed by atoms with E-state index in [0.717, 1.165) is 22.6 Å². The number of carbonyl (C=O) groups is 1. The van der Waals surface area contributed by atoms with Crippen molar-refractivity contribution in [3.8, 4) is 0 Å². The Hall–Kier alpha value is -2.77. The van der Waals surface area contributed by atoms with Crippen molar-refractivity contribution >= 4 is 33.2 Å². The standard InChI is InChI=1S/C26H30N2O3S2/c1-19-9-12-23(13-10-19)33(30,31)26-21(3)20(2)11-14-24(26)28-17-25(29)27-15-16-32-18-22-7-5-4-6-8-22/h4-14,28H,15-18H2,1-3H3,(H,27,29). The van der Waals surface area contributed by atoms with Crippen LogP contribution in [-0.2, 0) is 20.4 Å². The first-order chi connectivity index (χ1) is 15.8. The first kappa shape index (κ1) is 24.9. The lowest BCUT2D eigenvalue weighted by atomic mass is 10.1. The second-order valence-corrected chi connectivity index (χ2v) is 10.9. The van der Waals surface area contributed by atoms with Crippen LogP contribution in [0.5, 0.6) is 0 Å². The van der Waals surface area contributed by atoms with E-state index in [1.807, 2.05) is 38.1 Å². The molecule has 0 atom stereocenters. The Kier molecular flexibility index (Phi) is 8.58. The van der Waals surface area contributed by atoms with Crippen LogP contribution in [0, 0.1) is 20.8 Å². The van der Waals surface area contributed by atoms with Crippen molar-refractivity contribution in [1.29, 1.82) is 0 Å². The van der Waals surface area contributed by atoms with Crippen LogP contribution in [0.3, 0.4) is 0 Å². The van der Waals surface area contributed by atoms with Gasteiger partial charge in [0.1, 0.15) is 0 Å². The molecule has 0 radical (unpaired) electrons. The molecule has 0 saturated carbocycles. The molecule has 3 aromatic carbocycles. The van der Waals surface area contributed by atoms with Crippen LogP contribution in [0.4, 0.5) is 5.69 Å². The van der Waals surface area contributed by atoms with E-state index >= 15 is 0 Å². The minimum absolute atomic E-state index is 0.00225. The Balaban J connectivity index is 1.61. The molecule has 0 aliphatic heterocycles. The van der Waals surface area contributed by atoms with Gasteiger partial charge in [0.2, 0.25) is 15.7 Å². The maximum atomic E-state index is 13.4. The first-order valence-electron chi connectivity index (χ1n) is 10.8. The lowest BCUT2D eigenvalue weighted by molar-refractivity contribution is -0.119. The molecule has 0 aliphatic rings. The molecule has 7 heteroatoms. The molecular formula is C26H30N2O3S2. The Morgan fingerprint density at radius 2 is 1.61 bits per heavy atom. The molecule has 3 aromatic rings. The predicted octanol–water partition coefficient (Wildman–Crippen LogP) is 4.91. The van der Waals surface area contributed by atoms with E-state index in [9.17, 15) is 13.2 Å². The fourth-order valence-electron chi connectivity index (χ4n) is 3.38. The van der Waals surface area contributed by atoms with Gasteiger partial charge in [0, 0.05) is 18.1 Å². The number of carbonyl (C=O) groups excluding carboxylic acids is 1. The number of sulfone groups is 1. The highest BCUT2D eigenvalue weighted by atomic mass is 32.2. The number of nitrogens with one attached hydrogen (secondary N) is 2. The molecule has 0 aromatic heterocycles. The van der Waals surface area contributed by atoms with E-state index in [1.54, 1.807) is 49.0 Å². The summed E-state index contributed by atoms with van der Waals surface area (Å²) >= 11 is 1.76. The van der Waals surface area contributed by atoms with Gasteiger partial charge >= 0.3 is 0 Å². The number of aryl methyl sites for hydroxylation is 2. The number of thioether (sulfide) groups is 1. The van der Waals surface area contributed by atoms with Gasteiger partial charge in [-0.2, -0.15) is 11.8 Å². The summed E-state index contributed by atoms with van der Waals surface area (Å²) in [6.07, 6.45) is 0. The molecule has 1 amide bonds. The Labute approximate surface area is 200 Å². The van der Waals surface area contributed by atoms with Crippen LogP contribution >= 0.6 is 11.8 Å². The summed E-state index contributed by atoms with van der Waals surface area (Å²) < 4.78 is 26.8. The van der Waals surface area contributed by atoms with Gasteiger partial charge in [-0.25, -0.2) is 8.42 Å². The quantitative estimate of drug-likeness (QED) is 0.402. The van der Waals surface area contributed by atoms with E-state index in [4.69, 9.17) is 0 Å². The first-order valence-corrected chi connectivity index (χ1v) is 13.5. The van der Waals surface area contributed by atoms with Gasteiger partial charge in [0.25, 0.3) is 0 Å². The van der Waals surface area contributed by atoms with Crippen molar-refractivity contribution in [2.75, 3.05) is 24.2 Å². The van der Waals surface area contributed by atoms with Crippen molar-refractivity contribution in [1.82, 2.24) is 5.32 Å². The lowest BCUT2D eigenvalue weighted by Gasteiger charge is -2.17. The third-order valence-electron chi connectivity index (χ3n) is 5.40. The third kappa shape index (κ3) is 6.62. The maximum absolute atomic E-state index is 13.4. The molecule has 0 spiro atoms. The van der Waals surface area contributed by atoms with Crippen molar-refractivity contribution in [3.05, 3.63) is 89.0 Å². The molecule has 0 fully saturated rings. The molecule has 0 bridgehead atoms. The smallest absolute Gasteiger partial charge is 0.239 e. The Morgan fingerprint density at radius 3 is 2.30 bits per heavy atom. The fraction of sp³-hybridized carbons (Fsp3) is 0.269. The van der Waals surface area contributed by atoms with Crippen LogP contribution in [0.2, 0.25) is 0 Å². The van der Waals surface area contributed by atoms with Gasteiger partial charge in [-0.1, -0.05) is 54.1 Å². The van der Waals surface area contributed by atoms with Gasteiger partial charge < -0.3 is 10.6 Å². The van der Waals surface area contributed by atoms with Gasteiger partial charge in [0.15, 0.2) is 0 Å². The molecule has 0 aliphatic carbocycles. The largest absolute Gasteiger partial charge is 0.375 e. The Bertz CT molecular complexity index is 1190. The van der Waals surface area contributed by atoms with Gasteiger partial charge in [-0.05, 0) is 55.7 Å². The summed E-state index contributed by atoms with van der Waals surface area (Å²) in [5, 5.41) is 5.93. The molecule has 0 heterocycles. The second kappa shape index (κ2) is 11.4. The van der Waals surface area contributed by atoms with Crippen molar-refractivity contribution in [2.45, 2.75) is 36.3 Å². The molecule has 2 N–H and O–H groups in total. The molecule has 5 nitrogen and oxygen atoms in total. The zero-order chi connectivity index (χ0) is 23.8. The van der Waals surface area contributed by atoms with Crippen molar-refractivity contribution in [3.63, 3.8) is 0 Å². The molecule has 33 heavy (non-hydrogen) atoms. The third-order valence-corrected chi connectivity index (χ3v) is 8.38. The average Bonchev–Trinajstić information content (AvgIpc) is 2.80. The highest BCUT2D eigenvalue weighted by Crippen LogP contribution is 2.32. The van der Waals surface area contributed by atoms with Crippen LogP contribution in [-0.4, -0.2) is 33.2 Å². The van der Waals surface area contributed by atoms with E-state index in [0.29, 0.717) is 17.8 Å². The van der Waals surface area contributed by atoms with E-state index in [-0.39, 0.29) is 22.2 Å². The fourth-order valence-corrected chi connectivity index (χ4v) is 5.92. The van der Waals surface area contributed by atoms with Crippen molar-refractivity contribution in [2.24, 2.45) is 0 Å². The van der Waals surface area contributed by atoms with Gasteiger partial charge in [-0.3, -0.25) is 4.79 Å². The minimum Gasteiger partial charge on any atom is -0.375 e. The summed E-state index contributed by atoms with van der Waals surface area (Å²) in [7, 11) is -3.74. The minimum atomic E-state index is -3.74. The monoisotopic (exact) mass is 482 g/mol. The Morgan fingerprint density at radius 1 is 0.909 bits per heavy atom. The summed E-state index contributed by atoms with van der Waals surface area (Å²) in [5.41, 5.74) is 4.25. The molecule has 174 valence electrons. The molecule has 3 rings (SSSR count). The predicted molar refractivity (Wildman–Crippen MR) is 137 cm³/mol. The molecular weight excluding hydrogens is 452 g/mol. The van der Waals surface area contributed by atoms with Crippen LogP contribution < -0.4 is 10.6 Å². The van der Waals surface area contributed by atoms with Crippen molar-refractivity contribution < 1.29 is 13.2 Å². The lowest BCUT2D eigenvalue weighted by Crippen LogP contribution is -2.31. The van der Waals surface area contributed by atoms with E-state index in [1.165, 1.54) is 5.56 Å². The van der Waals surface area contributed by atoms with Crippen LogP contribution in [0.15, 0.2) is 76.5 Å². The summed E-state index contributed by atoms with van der Waals surface area (Å²) in [6, 6.07) is 20.6. The summed E-state index contributed by atoms with van der Waals surface area (Å²) in [5.74, 6) is 1.53. The number of amides is 1. The highest BCUT2D eigenvalue weighted by Gasteiger charge is 2.24. The average molecular weight is 483 g/mol. The SMILES string of the molecule is Cc1ccc(S(=O)(=O)c2c(NCC(=O)NCCSCc3ccccc3)ccc(C)c2C)cc1. The van der Waals surface area contributed by atoms with E-state index < -0.39 is 9.84 Å². The number of rotatable bonds is 10. The number of benzene rings is 3. The summed E-state index contributed by atoms with van der Waals surface area (Å²) in [6.45, 7) is 6.15. The maximum Gasteiger partial charge on any atom is 0.239 e. The highest BCUT2D eigenvalue weighted by molar-refractivity contribution is 7.98. The molecule has 0 saturated heterocycles. The number of hydrogen-bond acceptors (Lipinski definition) is 5. The summed E-state index contributed by atoms with van der Waals surface area (Å²) in [4.78, 5) is 12.8. The second-order valence-electron chi connectivity index (χ2n) is 7.94.